The lowest BCUT2D eigenvalue weighted by atomic mass is 10.1. The first kappa shape index (κ1) is 16.6. The van der Waals surface area contributed by atoms with Crippen molar-refractivity contribution >= 4 is 34.5 Å². The van der Waals surface area contributed by atoms with Gasteiger partial charge in [0.25, 0.3) is 0 Å². The molecule has 0 aliphatic carbocycles. The molecular weight excluding hydrogens is 318 g/mol. The van der Waals surface area contributed by atoms with Crippen LogP contribution in [0.4, 0.5) is 0 Å². The first-order chi connectivity index (χ1) is 10.3. The maximum Gasteiger partial charge on any atom is 0.239 e. The minimum Gasteiger partial charge on any atom is -0.350 e. The van der Waals surface area contributed by atoms with E-state index < -0.39 is 0 Å². The summed E-state index contributed by atoms with van der Waals surface area (Å²) in [4.78, 5) is 29.0. The zero-order chi connectivity index (χ0) is 16.2. The molecule has 0 radical (unpaired) electrons. The Hall–Kier alpha value is -1.73. The van der Waals surface area contributed by atoms with Crippen molar-refractivity contribution in [2.75, 3.05) is 6.54 Å². The van der Waals surface area contributed by atoms with Crippen molar-refractivity contribution in [1.82, 2.24) is 15.6 Å². The molecule has 0 fully saturated rings. The summed E-state index contributed by atoms with van der Waals surface area (Å²) < 4.78 is 0. The second-order valence-electron chi connectivity index (χ2n) is 5.87. The van der Waals surface area contributed by atoms with Gasteiger partial charge in [-0.3, -0.25) is 9.59 Å². The van der Waals surface area contributed by atoms with Crippen LogP contribution >= 0.6 is 22.7 Å². The molecule has 0 bridgehead atoms. The maximum atomic E-state index is 11.9. The molecule has 0 spiro atoms. The first-order valence-corrected chi connectivity index (χ1v) is 8.65. The van der Waals surface area contributed by atoms with E-state index in [0.29, 0.717) is 0 Å². The Morgan fingerprint density at radius 3 is 2.64 bits per heavy atom. The van der Waals surface area contributed by atoms with Crippen LogP contribution in [0.2, 0.25) is 0 Å². The van der Waals surface area contributed by atoms with Crippen molar-refractivity contribution in [3.8, 4) is 9.88 Å². The largest absolute Gasteiger partial charge is 0.350 e. The molecule has 2 amide bonds. The Morgan fingerprint density at radius 2 is 2.00 bits per heavy atom. The highest BCUT2D eigenvalue weighted by Gasteiger charge is 2.15. The van der Waals surface area contributed by atoms with Crippen LogP contribution < -0.4 is 10.6 Å². The smallest absolute Gasteiger partial charge is 0.239 e. The summed E-state index contributed by atoms with van der Waals surface area (Å²) in [5, 5.41) is 10.2. The number of thiophene rings is 1. The molecular formula is C15H19N3O2S2. The zero-order valence-corrected chi connectivity index (χ0v) is 14.4. The fraction of sp³-hybridized carbons (Fsp3) is 0.400. The van der Waals surface area contributed by atoms with Crippen LogP contribution in [0.25, 0.3) is 9.88 Å². The van der Waals surface area contributed by atoms with Gasteiger partial charge in [0.05, 0.1) is 23.5 Å². The van der Waals surface area contributed by atoms with Gasteiger partial charge in [-0.15, -0.1) is 22.7 Å². The third-order valence-corrected chi connectivity index (χ3v) is 4.52. The molecule has 0 unspecified atom stereocenters. The van der Waals surface area contributed by atoms with Crippen LogP contribution in [0.3, 0.4) is 0 Å². The average molecular weight is 337 g/mol. The quantitative estimate of drug-likeness (QED) is 0.880. The molecule has 118 valence electrons. The second-order valence-corrected chi connectivity index (χ2v) is 7.68. The highest BCUT2D eigenvalue weighted by atomic mass is 32.1. The van der Waals surface area contributed by atoms with Crippen LogP contribution in [-0.4, -0.2) is 28.9 Å². The number of thiazole rings is 1. The number of aromatic nitrogens is 1. The molecule has 0 aliphatic heterocycles. The van der Waals surface area contributed by atoms with Crippen molar-refractivity contribution in [3.05, 3.63) is 28.6 Å². The third kappa shape index (κ3) is 5.23. The topological polar surface area (TPSA) is 71.1 Å². The number of rotatable bonds is 5. The van der Waals surface area contributed by atoms with E-state index in [9.17, 15) is 9.59 Å². The molecule has 0 saturated heterocycles. The van der Waals surface area contributed by atoms with E-state index in [2.05, 4.69) is 15.6 Å². The van der Waals surface area contributed by atoms with Gasteiger partial charge in [0.15, 0.2) is 0 Å². The number of hydrogen-bond acceptors (Lipinski definition) is 5. The van der Waals surface area contributed by atoms with Gasteiger partial charge < -0.3 is 10.6 Å². The Kier molecular flexibility index (Phi) is 5.31. The molecule has 0 aliphatic rings. The Bertz CT molecular complexity index is 642. The van der Waals surface area contributed by atoms with E-state index in [1.54, 1.807) is 11.3 Å². The van der Waals surface area contributed by atoms with Gasteiger partial charge in [0, 0.05) is 10.9 Å². The van der Waals surface area contributed by atoms with Gasteiger partial charge in [-0.05, 0) is 32.2 Å². The summed E-state index contributed by atoms with van der Waals surface area (Å²) in [6.45, 7) is 5.67. The van der Waals surface area contributed by atoms with Gasteiger partial charge in [-0.2, -0.15) is 0 Å². The zero-order valence-electron chi connectivity index (χ0n) is 12.8. The molecule has 5 nitrogen and oxygen atoms in total. The summed E-state index contributed by atoms with van der Waals surface area (Å²) in [5.41, 5.74) is 0.425. The van der Waals surface area contributed by atoms with E-state index in [1.807, 2.05) is 43.7 Å². The van der Waals surface area contributed by atoms with Crippen molar-refractivity contribution in [1.29, 1.82) is 0 Å². The number of hydrogen-bond donors (Lipinski definition) is 2. The fourth-order valence-corrected chi connectivity index (χ4v) is 3.40. The lowest BCUT2D eigenvalue weighted by molar-refractivity contribution is -0.126. The number of nitrogens with one attached hydrogen (secondary N) is 2. The second kappa shape index (κ2) is 7.02. The van der Waals surface area contributed by atoms with E-state index in [1.165, 1.54) is 11.3 Å². The number of carbonyl (C=O) groups excluding carboxylic acids is 2. The van der Waals surface area contributed by atoms with Crippen LogP contribution in [-0.2, 0) is 16.0 Å². The summed E-state index contributed by atoms with van der Waals surface area (Å²) in [7, 11) is 0. The standard InChI is InChI=1S/C15H19N3O2S2/c1-15(2,3)18-13(20)8-16-12(19)7-10-9-22-14(17-10)11-5-4-6-21-11/h4-6,9H,7-8H2,1-3H3,(H,16,19)(H,18,20). The number of nitrogens with zero attached hydrogens (tertiary/aromatic N) is 1. The van der Waals surface area contributed by atoms with E-state index in [0.717, 1.165) is 15.6 Å². The van der Waals surface area contributed by atoms with E-state index in [4.69, 9.17) is 0 Å². The van der Waals surface area contributed by atoms with Crippen molar-refractivity contribution in [2.24, 2.45) is 0 Å². The Morgan fingerprint density at radius 1 is 1.23 bits per heavy atom. The predicted molar refractivity (Wildman–Crippen MR) is 90.0 cm³/mol. The van der Waals surface area contributed by atoms with Gasteiger partial charge in [-0.25, -0.2) is 4.98 Å². The lowest BCUT2D eigenvalue weighted by Crippen LogP contribution is -2.46. The van der Waals surface area contributed by atoms with E-state index >= 15 is 0 Å². The van der Waals surface area contributed by atoms with Crippen LogP contribution in [0.1, 0.15) is 26.5 Å². The molecule has 0 atom stereocenters. The Balaban J connectivity index is 1.81. The molecule has 2 heterocycles. The van der Waals surface area contributed by atoms with Crippen LogP contribution in [0.5, 0.6) is 0 Å². The number of carbonyl (C=O) groups is 2. The summed E-state index contributed by atoms with van der Waals surface area (Å²) in [6.07, 6.45) is 0.185. The summed E-state index contributed by atoms with van der Waals surface area (Å²) in [5.74, 6) is -0.398. The first-order valence-electron chi connectivity index (χ1n) is 6.89. The van der Waals surface area contributed by atoms with Crippen molar-refractivity contribution < 1.29 is 9.59 Å². The molecule has 2 aromatic heterocycles. The molecule has 7 heteroatoms. The van der Waals surface area contributed by atoms with Gasteiger partial charge in [0.1, 0.15) is 5.01 Å². The van der Waals surface area contributed by atoms with Gasteiger partial charge >= 0.3 is 0 Å². The SMILES string of the molecule is CC(C)(C)NC(=O)CNC(=O)Cc1csc(-c2cccs2)n1. The highest BCUT2D eigenvalue weighted by molar-refractivity contribution is 7.20. The molecule has 2 rings (SSSR count). The summed E-state index contributed by atoms with van der Waals surface area (Å²) in [6, 6.07) is 3.98. The van der Waals surface area contributed by atoms with E-state index in [-0.39, 0.29) is 30.3 Å². The molecule has 2 N–H and O–H groups in total. The maximum absolute atomic E-state index is 11.9. The fourth-order valence-electron chi connectivity index (χ4n) is 1.77. The average Bonchev–Trinajstić information content (AvgIpc) is 3.04. The minimum atomic E-state index is -0.299. The van der Waals surface area contributed by atoms with Crippen molar-refractivity contribution in [3.63, 3.8) is 0 Å². The monoisotopic (exact) mass is 337 g/mol. The summed E-state index contributed by atoms with van der Waals surface area (Å²) >= 11 is 3.14. The number of amides is 2. The lowest BCUT2D eigenvalue weighted by Gasteiger charge is -2.20. The van der Waals surface area contributed by atoms with Crippen molar-refractivity contribution in [2.45, 2.75) is 32.7 Å². The predicted octanol–water partition coefficient (Wildman–Crippen LogP) is 2.45. The molecule has 0 saturated carbocycles. The minimum absolute atomic E-state index is 0.0159. The highest BCUT2D eigenvalue weighted by Crippen LogP contribution is 2.27. The Labute approximate surface area is 137 Å². The van der Waals surface area contributed by atoms with Gasteiger partial charge in [-0.1, -0.05) is 6.07 Å². The molecule has 0 aromatic carbocycles. The normalized spacial score (nSPS) is 11.2. The third-order valence-electron chi connectivity index (χ3n) is 2.59. The molecule has 22 heavy (non-hydrogen) atoms. The molecule has 2 aromatic rings. The van der Waals surface area contributed by atoms with Crippen LogP contribution in [0, 0.1) is 0 Å². The van der Waals surface area contributed by atoms with Crippen LogP contribution in [0.15, 0.2) is 22.9 Å². The van der Waals surface area contributed by atoms with Gasteiger partial charge in [0.2, 0.25) is 11.8 Å².